The third-order valence-corrected chi connectivity index (χ3v) is 6.26. The Bertz CT molecular complexity index is 1070. The average molecular weight is 492 g/mol. The van der Waals surface area contributed by atoms with Crippen LogP contribution in [0.25, 0.3) is 0 Å². The highest BCUT2D eigenvalue weighted by Gasteiger charge is 2.30. The normalized spacial score (nSPS) is 11.9. The van der Waals surface area contributed by atoms with Crippen LogP contribution in [-0.2, 0) is 26.2 Å². The first-order valence-corrected chi connectivity index (χ1v) is 12.9. The first kappa shape index (κ1) is 27.0. The molecule has 0 fully saturated rings. The molecule has 0 bridgehead atoms. The summed E-state index contributed by atoms with van der Waals surface area (Å²) in [6.45, 7) is 5.79. The molecule has 1 atom stereocenters. The highest BCUT2D eigenvalue weighted by atomic mass is 32.2. The molecule has 0 heterocycles. The third-order valence-electron chi connectivity index (χ3n) is 5.12. The van der Waals surface area contributed by atoms with Crippen molar-refractivity contribution in [3.63, 3.8) is 0 Å². The Kier molecular flexibility index (Phi) is 9.73. The highest BCUT2D eigenvalue weighted by Crippen LogP contribution is 2.23. The van der Waals surface area contributed by atoms with Crippen molar-refractivity contribution in [2.45, 2.75) is 33.4 Å². The van der Waals surface area contributed by atoms with E-state index >= 15 is 0 Å². The molecule has 0 saturated heterocycles. The lowest BCUT2D eigenvalue weighted by Gasteiger charge is -2.31. The molecule has 0 saturated carbocycles. The summed E-state index contributed by atoms with van der Waals surface area (Å²) in [4.78, 5) is 27.4. The molecule has 34 heavy (non-hydrogen) atoms. The molecule has 9 nitrogen and oxygen atoms in total. The van der Waals surface area contributed by atoms with E-state index in [9.17, 15) is 18.0 Å². The van der Waals surface area contributed by atoms with Gasteiger partial charge in [0.05, 0.1) is 25.7 Å². The number of hydrogen-bond acceptors (Lipinski definition) is 6. The van der Waals surface area contributed by atoms with E-state index < -0.39 is 28.5 Å². The van der Waals surface area contributed by atoms with Gasteiger partial charge in [0.2, 0.25) is 21.8 Å². The predicted octanol–water partition coefficient (Wildman–Crippen LogP) is 2.41. The fourth-order valence-electron chi connectivity index (χ4n) is 3.36. The highest BCUT2D eigenvalue weighted by molar-refractivity contribution is 7.92. The van der Waals surface area contributed by atoms with E-state index in [1.807, 2.05) is 13.0 Å². The number of ether oxygens (including phenoxy) is 2. The summed E-state index contributed by atoms with van der Waals surface area (Å²) < 4.78 is 36.8. The number of hydrogen-bond donors (Lipinski definition) is 1. The van der Waals surface area contributed by atoms with Gasteiger partial charge >= 0.3 is 0 Å². The van der Waals surface area contributed by atoms with Gasteiger partial charge in [0.1, 0.15) is 24.1 Å². The minimum absolute atomic E-state index is 0.106. The number of carbonyl (C=O) groups excluding carboxylic acids is 2. The van der Waals surface area contributed by atoms with E-state index in [-0.39, 0.29) is 12.5 Å². The molecule has 2 aromatic carbocycles. The Hall–Kier alpha value is -3.27. The maximum absolute atomic E-state index is 13.4. The molecule has 186 valence electrons. The zero-order valence-electron chi connectivity index (χ0n) is 20.3. The van der Waals surface area contributed by atoms with Crippen molar-refractivity contribution < 1.29 is 27.5 Å². The number of nitrogens with zero attached hydrogens (tertiary/aromatic N) is 2. The molecular formula is C24H33N3O6S. The van der Waals surface area contributed by atoms with Crippen LogP contribution in [-0.4, -0.2) is 64.2 Å². The second kappa shape index (κ2) is 12.3. The van der Waals surface area contributed by atoms with Gasteiger partial charge in [-0.1, -0.05) is 12.1 Å². The molecular weight excluding hydrogens is 458 g/mol. The Morgan fingerprint density at radius 1 is 1.06 bits per heavy atom. The van der Waals surface area contributed by atoms with Crippen molar-refractivity contribution >= 4 is 27.5 Å². The first-order chi connectivity index (χ1) is 16.1. The van der Waals surface area contributed by atoms with E-state index in [0.29, 0.717) is 30.3 Å². The van der Waals surface area contributed by atoms with Gasteiger partial charge in [-0.05, 0) is 62.7 Å². The fourth-order valence-corrected chi connectivity index (χ4v) is 4.21. The molecule has 0 aromatic heterocycles. The second-order valence-corrected chi connectivity index (χ2v) is 9.55. The number of nitrogens with one attached hydrogen (secondary N) is 1. The van der Waals surface area contributed by atoms with Crippen LogP contribution in [0.3, 0.4) is 0 Å². The fraction of sp³-hybridized carbons (Fsp3) is 0.417. The van der Waals surface area contributed by atoms with Crippen LogP contribution in [0.15, 0.2) is 48.5 Å². The zero-order chi connectivity index (χ0) is 25.3. The van der Waals surface area contributed by atoms with Crippen LogP contribution in [0.1, 0.15) is 26.3 Å². The third kappa shape index (κ3) is 7.38. The summed E-state index contributed by atoms with van der Waals surface area (Å²) >= 11 is 0. The monoisotopic (exact) mass is 491 g/mol. The lowest BCUT2D eigenvalue weighted by molar-refractivity contribution is -0.139. The maximum atomic E-state index is 13.4. The summed E-state index contributed by atoms with van der Waals surface area (Å²) in [6.07, 6.45) is 1.04. The van der Waals surface area contributed by atoms with Gasteiger partial charge in [-0.3, -0.25) is 13.9 Å². The van der Waals surface area contributed by atoms with E-state index in [1.165, 1.54) is 4.90 Å². The Balaban J connectivity index is 2.37. The van der Waals surface area contributed by atoms with Gasteiger partial charge in [0, 0.05) is 13.1 Å². The molecule has 0 aliphatic rings. The molecule has 1 N–H and O–H groups in total. The Labute approximate surface area is 201 Å². The predicted molar refractivity (Wildman–Crippen MR) is 131 cm³/mol. The SMILES string of the molecule is CCNC(=O)[C@@H](C)N(Cc1cccc(OC)c1)C(=O)CN(c1ccc(OCC)cc1)S(C)(=O)=O. The molecule has 0 aliphatic carbocycles. The minimum Gasteiger partial charge on any atom is -0.497 e. The quantitative estimate of drug-likeness (QED) is 0.489. The van der Waals surface area contributed by atoms with Crippen molar-refractivity contribution in [1.29, 1.82) is 0 Å². The number of benzene rings is 2. The lowest BCUT2D eigenvalue weighted by Crippen LogP contribution is -2.51. The summed E-state index contributed by atoms with van der Waals surface area (Å²) in [5.74, 6) is 0.366. The van der Waals surface area contributed by atoms with Crippen LogP contribution in [0.2, 0.25) is 0 Å². The maximum Gasteiger partial charge on any atom is 0.244 e. The van der Waals surface area contributed by atoms with Gasteiger partial charge in [-0.25, -0.2) is 8.42 Å². The molecule has 2 aromatic rings. The van der Waals surface area contributed by atoms with Crippen LogP contribution >= 0.6 is 0 Å². The Morgan fingerprint density at radius 3 is 2.29 bits per heavy atom. The van der Waals surface area contributed by atoms with E-state index in [1.54, 1.807) is 63.4 Å². The van der Waals surface area contributed by atoms with Crippen molar-refractivity contribution in [2.24, 2.45) is 0 Å². The van der Waals surface area contributed by atoms with Gasteiger partial charge in [0.25, 0.3) is 0 Å². The van der Waals surface area contributed by atoms with Crippen molar-refractivity contribution in [3.8, 4) is 11.5 Å². The number of carbonyl (C=O) groups is 2. The topological polar surface area (TPSA) is 105 Å². The second-order valence-electron chi connectivity index (χ2n) is 7.64. The lowest BCUT2D eigenvalue weighted by atomic mass is 10.1. The van der Waals surface area contributed by atoms with E-state index in [4.69, 9.17) is 9.47 Å². The number of rotatable bonds is 12. The Morgan fingerprint density at radius 2 is 1.74 bits per heavy atom. The van der Waals surface area contributed by atoms with Crippen LogP contribution in [0.5, 0.6) is 11.5 Å². The van der Waals surface area contributed by atoms with Gasteiger partial charge in [-0.15, -0.1) is 0 Å². The number of methoxy groups -OCH3 is 1. The molecule has 0 spiro atoms. The molecule has 0 aliphatic heterocycles. The summed E-state index contributed by atoms with van der Waals surface area (Å²) in [5, 5.41) is 2.72. The van der Waals surface area contributed by atoms with Crippen LogP contribution in [0, 0.1) is 0 Å². The standard InChI is InChI=1S/C24H33N3O6S/c1-6-25-24(29)18(3)26(16-19-9-8-10-22(15-19)32-4)23(28)17-27(34(5,30)31)20-11-13-21(14-12-20)33-7-2/h8-15,18H,6-7,16-17H2,1-5H3,(H,25,29)/t18-/m1/s1. The van der Waals surface area contributed by atoms with E-state index in [0.717, 1.165) is 16.1 Å². The van der Waals surface area contributed by atoms with E-state index in [2.05, 4.69) is 5.32 Å². The largest absolute Gasteiger partial charge is 0.497 e. The van der Waals surface area contributed by atoms with Gasteiger partial charge < -0.3 is 19.7 Å². The van der Waals surface area contributed by atoms with Crippen LogP contribution in [0.4, 0.5) is 5.69 Å². The number of likely N-dealkylation sites (N-methyl/N-ethyl adjacent to an activating group) is 1. The van der Waals surface area contributed by atoms with Crippen molar-refractivity contribution in [1.82, 2.24) is 10.2 Å². The van der Waals surface area contributed by atoms with Crippen LogP contribution < -0.4 is 19.1 Å². The zero-order valence-corrected chi connectivity index (χ0v) is 21.1. The number of anilines is 1. The van der Waals surface area contributed by atoms with Gasteiger partial charge in [-0.2, -0.15) is 0 Å². The summed E-state index contributed by atoms with van der Waals surface area (Å²) in [5.41, 5.74) is 1.07. The van der Waals surface area contributed by atoms with Crippen molar-refractivity contribution in [3.05, 3.63) is 54.1 Å². The summed E-state index contributed by atoms with van der Waals surface area (Å²) in [7, 11) is -2.25. The first-order valence-electron chi connectivity index (χ1n) is 11.0. The number of sulfonamides is 1. The molecule has 2 rings (SSSR count). The molecule has 0 unspecified atom stereocenters. The average Bonchev–Trinajstić information content (AvgIpc) is 2.81. The molecule has 10 heteroatoms. The molecule has 2 amide bonds. The summed E-state index contributed by atoms with van der Waals surface area (Å²) in [6, 6.07) is 12.8. The smallest absolute Gasteiger partial charge is 0.244 e. The van der Waals surface area contributed by atoms with Crippen molar-refractivity contribution in [2.75, 3.05) is 37.4 Å². The molecule has 0 radical (unpaired) electrons. The number of amides is 2. The minimum atomic E-state index is -3.79. The van der Waals surface area contributed by atoms with Gasteiger partial charge in [0.15, 0.2) is 0 Å².